The SMILES string of the molecule is CC.CCOC(=O)C1CCCC(NC)C1.Cc1ccc2c(c1)OCCC2. The number of carbonyl (C=O) groups is 1. The lowest BCUT2D eigenvalue weighted by Gasteiger charge is -2.27. The number of esters is 1. The van der Waals surface area contributed by atoms with Crippen molar-refractivity contribution in [3.05, 3.63) is 29.3 Å². The van der Waals surface area contributed by atoms with Crippen molar-refractivity contribution in [1.29, 1.82) is 0 Å². The molecule has 0 amide bonds. The van der Waals surface area contributed by atoms with Crippen LogP contribution in [-0.2, 0) is 16.0 Å². The van der Waals surface area contributed by atoms with E-state index >= 15 is 0 Å². The minimum absolute atomic E-state index is 0.0116. The molecule has 2 unspecified atom stereocenters. The first kappa shape index (κ1) is 22.5. The molecule has 1 saturated carbocycles. The van der Waals surface area contributed by atoms with Gasteiger partial charge in [0.15, 0.2) is 0 Å². The minimum atomic E-state index is -0.0116. The summed E-state index contributed by atoms with van der Waals surface area (Å²) >= 11 is 0. The van der Waals surface area contributed by atoms with Crippen molar-refractivity contribution < 1.29 is 14.3 Å². The van der Waals surface area contributed by atoms with Crippen LogP contribution in [0.3, 0.4) is 0 Å². The molecule has 2 atom stereocenters. The molecule has 0 saturated heterocycles. The number of nitrogens with one attached hydrogen (secondary N) is 1. The summed E-state index contributed by atoms with van der Waals surface area (Å²) in [6.07, 6.45) is 6.60. The molecular formula is C22H37NO3. The van der Waals surface area contributed by atoms with Gasteiger partial charge in [-0.25, -0.2) is 0 Å². The molecule has 0 spiro atoms. The fourth-order valence-corrected chi connectivity index (χ4v) is 3.37. The molecular weight excluding hydrogens is 326 g/mol. The molecule has 1 N–H and O–H groups in total. The van der Waals surface area contributed by atoms with E-state index in [1.54, 1.807) is 0 Å². The lowest BCUT2D eigenvalue weighted by molar-refractivity contribution is -0.149. The molecule has 1 aromatic carbocycles. The summed E-state index contributed by atoms with van der Waals surface area (Å²) in [4.78, 5) is 11.4. The molecule has 4 heteroatoms. The Balaban J connectivity index is 0.000000239. The van der Waals surface area contributed by atoms with Gasteiger partial charge in [0.1, 0.15) is 5.75 Å². The zero-order valence-corrected chi connectivity index (χ0v) is 17.3. The molecule has 0 aromatic heterocycles. The lowest BCUT2D eigenvalue weighted by atomic mass is 9.86. The van der Waals surface area contributed by atoms with E-state index in [1.807, 2.05) is 27.8 Å². The Morgan fingerprint density at radius 1 is 1.27 bits per heavy atom. The summed E-state index contributed by atoms with van der Waals surface area (Å²) in [5.41, 5.74) is 2.65. The largest absolute Gasteiger partial charge is 0.493 e. The number of hydrogen-bond acceptors (Lipinski definition) is 4. The Morgan fingerprint density at radius 3 is 2.73 bits per heavy atom. The highest BCUT2D eigenvalue weighted by atomic mass is 16.5. The Hall–Kier alpha value is -1.55. The first-order valence-electron chi connectivity index (χ1n) is 10.2. The smallest absolute Gasteiger partial charge is 0.308 e. The van der Waals surface area contributed by atoms with Crippen molar-refractivity contribution in [3.8, 4) is 5.75 Å². The van der Waals surface area contributed by atoms with E-state index in [0.29, 0.717) is 12.6 Å². The third-order valence-electron chi connectivity index (χ3n) is 4.77. The van der Waals surface area contributed by atoms with Gasteiger partial charge in [-0.2, -0.15) is 0 Å². The first-order valence-corrected chi connectivity index (χ1v) is 10.2. The van der Waals surface area contributed by atoms with Gasteiger partial charge < -0.3 is 14.8 Å². The highest BCUT2D eigenvalue weighted by Gasteiger charge is 2.27. The van der Waals surface area contributed by atoms with Crippen molar-refractivity contribution >= 4 is 5.97 Å². The number of carbonyl (C=O) groups excluding carboxylic acids is 1. The molecule has 148 valence electrons. The number of benzene rings is 1. The van der Waals surface area contributed by atoms with Crippen LogP contribution >= 0.6 is 0 Å². The monoisotopic (exact) mass is 363 g/mol. The Bertz CT molecular complexity index is 530. The molecule has 0 radical (unpaired) electrons. The van der Waals surface area contributed by atoms with Crippen molar-refractivity contribution in [2.45, 2.75) is 72.3 Å². The standard InChI is InChI=1S/C10H19NO2.C10H12O.C2H6/c1-3-13-10(12)8-5-4-6-9(7-8)11-2;1-8-4-5-9-3-2-6-11-10(9)7-8;1-2/h8-9,11H,3-7H2,1-2H3;4-5,7H,2-3,6H2,1H3;1-2H3. The maximum atomic E-state index is 11.4. The summed E-state index contributed by atoms with van der Waals surface area (Å²) < 4.78 is 10.5. The zero-order chi connectivity index (χ0) is 19.4. The molecule has 4 nitrogen and oxygen atoms in total. The van der Waals surface area contributed by atoms with Gasteiger partial charge in [0, 0.05) is 6.04 Å². The lowest BCUT2D eigenvalue weighted by Crippen LogP contribution is -2.34. The molecule has 1 aromatic rings. The number of rotatable bonds is 3. The summed E-state index contributed by atoms with van der Waals surface area (Å²) in [6, 6.07) is 6.94. The van der Waals surface area contributed by atoms with Gasteiger partial charge in [-0.3, -0.25) is 4.79 Å². The molecule has 2 aliphatic rings. The molecule has 3 rings (SSSR count). The third kappa shape index (κ3) is 7.36. The number of hydrogen-bond donors (Lipinski definition) is 1. The fraction of sp³-hybridized carbons (Fsp3) is 0.682. The molecule has 1 heterocycles. The van der Waals surface area contributed by atoms with Gasteiger partial charge in [-0.15, -0.1) is 0 Å². The van der Waals surface area contributed by atoms with Crippen molar-refractivity contribution in [2.24, 2.45) is 5.92 Å². The maximum absolute atomic E-state index is 11.4. The average molecular weight is 364 g/mol. The van der Waals surface area contributed by atoms with Crippen LogP contribution in [0.2, 0.25) is 0 Å². The van der Waals surface area contributed by atoms with E-state index in [9.17, 15) is 4.79 Å². The number of ether oxygens (including phenoxy) is 2. The summed E-state index contributed by atoms with van der Waals surface area (Å²) in [5, 5.41) is 3.22. The zero-order valence-electron chi connectivity index (χ0n) is 17.3. The van der Waals surface area contributed by atoms with E-state index in [2.05, 4.69) is 30.4 Å². The molecule has 0 bridgehead atoms. The van der Waals surface area contributed by atoms with Gasteiger partial charge in [0.2, 0.25) is 0 Å². The average Bonchev–Trinajstić information content (AvgIpc) is 2.70. The van der Waals surface area contributed by atoms with E-state index < -0.39 is 0 Å². The van der Waals surface area contributed by atoms with E-state index in [4.69, 9.17) is 9.47 Å². The fourth-order valence-electron chi connectivity index (χ4n) is 3.37. The Morgan fingerprint density at radius 2 is 2.04 bits per heavy atom. The van der Waals surface area contributed by atoms with Crippen LogP contribution in [0.1, 0.15) is 64.0 Å². The highest BCUT2D eigenvalue weighted by molar-refractivity contribution is 5.72. The van der Waals surface area contributed by atoms with E-state index in [0.717, 1.165) is 38.0 Å². The van der Waals surface area contributed by atoms with Gasteiger partial charge in [-0.05, 0) is 70.2 Å². The van der Waals surface area contributed by atoms with E-state index in [1.165, 1.54) is 24.0 Å². The van der Waals surface area contributed by atoms with Crippen LogP contribution in [0.4, 0.5) is 0 Å². The summed E-state index contributed by atoms with van der Waals surface area (Å²) in [6.45, 7) is 9.34. The van der Waals surface area contributed by atoms with Crippen LogP contribution in [-0.4, -0.2) is 32.3 Å². The normalized spacial score (nSPS) is 21.0. The topological polar surface area (TPSA) is 47.6 Å². The van der Waals surface area contributed by atoms with Crippen LogP contribution in [0.15, 0.2) is 18.2 Å². The molecule has 1 aliphatic heterocycles. The molecule has 1 fully saturated rings. The van der Waals surface area contributed by atoms with Crippen molar-refractivity contribution in [3.63, 3.8) is 0 Å². The third-order valence-corrected chi connectivity index (χ3v) is 4.77. The van der Waals surface area contributed by atoms with Crippen LogP contribution < -0.4 is 10.1 Å². The van der Waals surface area contributed by atoms with E-state index in [-0.39, 0.29) is 11.9 Å². The van der Waals surface area contributed by atoms with Crippen LogP contribution in [0.25, 0.3) is 0 Å². The number of aryl methyl sites for hydroxylation is 2. The van der Waals surface area contributed by atoms with Gasteiger partial charge in [0.25, 0.3) is 0 Å². The first-order chi connectivity index (χ1) is 12.6. The Labute approximate surface area is 159 Å². The second kappa shape index (κ2) is 12.7. The molecule has 26 heavy (non-hydrogen) atoms. The predicted molar refractivity (Wildman–Crippen MR) is 108 cm³/mol. The van der Waals surface area contributed by atoms with Crippen molar-refractivity contribution in [2.75, 3.05) is 20.3 Å². The maximum Gasteiger partial charge on any atom is 0.308 e. The van der Waals surface area contributed by atoms with Crippen LogP contribution in [0.5, 0.6) is 5.75 Å². The number of fused-ring (bicyclic) bond motifs is 1. The quantitative estimate of drug-likeness (QED) is 0.793. The predicted octanol–water partition coefficient (Wildman–Crippen LogP) is 4.67. The second-order valence-corrected chi connectivity index (χ2v) is 6.66. The Kier molecular flexibility index (Phi) is 11.0. The van der Waals surface area contributed by atoms with Gasteiger partial charge >= 0.3 is 5.97 Å². The summed E-state index contributed by atoms with van der Waals surface area (Å²) in [7, 11) is 1.96. The van der Waals surface area contributed by atoms with Gasteiger partial charge in [0.05, 0.1) is 19.1 Å². The minimum Gasteiger partial charge on any atom is -0.493 e. The van der Waals surface area contributed by atoms with Gasteiger partial charge in [-0.1, -0.05) is 32.4 Å². The van der Waals surface area contributed by atoms with Crippen molar-refractivity contribution in [1.82, 2.24) is 5.32 Å². The van der Waals surface area contributed by atoms with Crippen LogP contribution in [0, 0.1) is 12.8 Å². The summed E-state index contributed by atoms with van der Waals surface area (Å²) in [5.74, 6) is 1.21. The second-order valence-electron chi connectivity index (χ2n) is 6.66. The molecule has 1 aliphatic carbocycles. The highest BCUT2D eigenvalue weighted by Crippen LogP contribution is 2.25.